The van der Waals surface area contributed by atoms with Gasteiger partial charge < -0.3 is 21.1 Å². The number of likely N-dealkylation sites (N-methyl/N-ethyl adjacent to an activating group) is 1. The second-order valence-corrected chi connectivity index (χ2v) is 5.69. The standard InChI is InChI=1S/C18H27N5O/c1-3-5-6-14-7-9-15(10-8-14)22-17-16(19)18(21-13-20-17)23(4-2)11-12-24/h7-10,13,24H,3-6,11-12,19H2,1-2H3,(H,20,21,22). The van der Waals surface area contributed by atoms with Crippen molar-refractivity contribution in [1.29, 1.82) is 0 Å². The maximum atomic E-state index is 9.17. The number of hydrogen-bond acceptors (Lipinski definition) is 6. The van der Waals surface area contributed by atoms with E-state index in [1.165, 1.54) is 24.7 Å². The van der Waals surface area contributed by atoms with E-state index in [9.17, 15) is 5.11 Å². The first-order valence-corrected chi connectivity index (χ1v) is 8.51. The molecule has 4 N–H and O–H groups in total. The van der Waals surface area contributed by atoms with Crippen molar-refractivity contribution in [2.24, 2.45) is 0 Å². The number of nitrogens with zero attached hydrogens (tertiary/aromatic N) is 3. The Balaban J connectivity index is 2.15. The molecule has 0 bridgehead atoms. The van der Waals surface area contributed by atoms with Gasteiger partial charge in [-0.2, -0.15) is 0 Å². The summed E-state index contributed by atoms with van der Waals surface area (Å²) in [5, 5.41) is 12.4. The van der Waals surface area contributed by atoms with E-state index in [1.807, 2.05) is 24.0 Å². The lowest BCUT2D eigenvalue weighted by atomic mass is 10.1. The van der Waals surface area contributed by atoms with Crippen LogP contribution in [0.3, 0.4) is 0 Å². The average molecular weight is 329 g/mol. The summed E-state index contributed by atoms with van der Waals surface area (Å²) in [6.07, 6.45) is 4.99. The van der Waals surface area contributed by atoms with Crippen LogP contribution in [0, 0.1) is 0 Å². The predicted octanol–water partition coefficient (Wildman–Crippen LogP) is 2.96. The number of nitrogen functional groups attached to an aromatic ring is 1. The molecular weight excluding hydrogens is 302 g/mol. The number of aromatic nitrogens is 2. The van der Waals surface area contributed by atoms with Gasteiger partial charge in [0.05, 0.1) is 6.61 Å². The molecule has 1 heterocycles. The second kappa shape index (κ2) is 9.08. The average Bonchev–Trinajstić information content (AvgIpc) is 2.61. The van der Waals surface area contributed by atoms with Crippen molar-refractivity contribution in [3.63, 3.8) is 0 Å². The van der Waals surface area contributed by atoms with E-state index in [2.05, 4.69) is 34.3 Å². The lowest BCUT2D eigenvalue weighted by molar-refractivity contribution is 0.302. The molecule has 0 spiro atoms. The highest BCUT2D eigenvalue weighted by Crippen LogP contribution is 2.28. The van der Waals surface area contributed by atoms with Crippen LogP contribution in [-0.2, 0) is 6.42 Å². The summed E-state index contributed by atoms with van der Waals surface area (Å²) in [5.74, 6) is 1.22. The third-order valence-electron chi connectivity index (χ3n) is 3.95. The van der Waals surface area contributed by atoms with E-state index in [4.69, 9.17) is 5.73 Å². The van der Waals surface area contributed by atoms with Crippen LogP contribution in [0.5, 0.6) is 0 Å². The SMILES string of the molecule is CCCCc1ccc(Nc2ncnc(N(CC)CCO)c2N)cc1. The number of aliphatic hydroxyl groups excluding tert-OH is 1. The number of unbranched alkanes of at least 4 members (excludes halogenated alkanes) is 1. The van der Waals surface area contributed by atoms with E-state index in [-0.39, 0.29) is 6.61 Å². The first-order chi connectivity index (χ1) is 11.7. The molecule has 0 saturated carbocycles. The number of benzene rings is 1. The number of nitrogens with two attached hydrogens (primary N) is 1. The van der Waals surface area contributed by atoms with Gasteiger partial charge in [-0.3, -0.25) is 0 Å². The fourth-order valence-electron chi connectivity index (χ4n) is 2.54. The smallest absolute Gasteiger partial charge is 0.159 e. The normalized spacial score (nSPS) is 10.6. The summed E-state index contributed by atoms with van der Waals surface area (Å²) < 4.78 is 0. The van der Waals surface area contributed by atoms with Gasteiger partial charge in [0.2, 0.25) is 0 Å². The van der Waals surface area contributed by atoms with Gasteiger partial charge in [-0.1, -0.05) is 25.5 Å². The van der Waals surface area contributed by atoms with Gasteiger partial charge in [0, 0.05) is 18.8 Å². The number of aliphatic hydroxyl groups is 1. The first-order valence-electron chi connectivity index (χ1n) is 8.51. The topological polar surface area (TPSA) is 87.3 Å². The van der Waals surface area contributed by atoms with Crippen LogP contribution >= 0.6 is 0 Å². The van der Waals surface area contributed by atoms with E-state index in [0.717, 1.165) is 12.1 Å². The molecule has 0 aliphatic heterocycles. The second-order valence-electron chi connectivity index (χ2n) is 5.69. The molecule has 130 valence electrons. The lowest BCUT2D eigenvalue weighted by Gasteiger charge is -2.23. The zero-order chi connectivity index (χ0) is 17.4. The van der Waals surface area contributed by atoms with Crippen molar-refractivity contribution in [3.8, 4) is 0 Å². The minimum atomic E-state index is 0.0548. The third kappa shape index (κ3) is 4.58. The number of aryl methyl sites for hydroxylation is 1. The molecule has 24 heavy (non-hydrogen) atoms. The summed E-state index contributed by atoms with van der Waals surface area (Å²) >= 11 is 0. The van der Waals surface area contributed by atoms with Gasteiger partial charge in [0.15, 0.2) is 11.6 Å². The molecule has 1 aromatic heterocycles. The zero-order valence-electron chi connectivity index (χ0n) is 14.5. The summed E-state index contributed by atoms with van der Waals surface area (Å²) in [4.78, 5) is 10.4. The minimum Gasteiger partial charge on any atom is -0.395 e. The van der Waals surface area contributed by atoms with Crippen LogP contribution in [0.25, 0.3) is 0 Å². The maximum absolute atomic E-state index is 9.17. The van der Waals surface area contributed by atoms with Gasteiger partial charge in [-0.25, -0.2) is 9.97 Å². The fraction of sp³-hybridized carbons (Fsp3) is 0.444. The summed E-state index contributed by atoms with van der Waals surface area (Å²) in [5.41, 5.74) is 8.99. The summed E-state index contributed by atoms with van der Waals surface area (Å²) in [6.45, 7) is 5.46. The van der Waals surface area contributed by atoms with Crippen molar-refractivity contribution in [2.75, 3.05) is 35.6 Å². The van der Waals surface area contributed by atoms with Crippen LogP contribution in [0.4, 0.5) is 23.0 Å². The molecule has 0 saturated heterocycles. The van der Waals surface area contributed by atoms with Gasteiger partial charge in [0.25, 0.3) is 0 Å². The van der Waals surface area contributed by atoms with Gasteiger partial charge in [-0.05, 0) is 37.5 Å². The molecule has 2 aromatic rings. The largest absolute Gasteiger partial charge is 0.395 e. The molecule has 0 atom stereocenters. The zero-order valence-corrected chi connectivity index (χ0v) is 14.5. The Morgan fingerprint density at radius 1 is 1.17 bits per heavy atom. The van der Waals surface area contributed by atoms with Gasteiger partial charge >= 0.3 is 0 Å². The van der Waals surface area contributed by atoms with Crippen LogP contribution in [0.2, 0.25) is 0 Å². The Labute approximate surface area is 143 Å². The molecule has 0 radical (unpaired) electrons. The number of hydrogen-bond donors (Lipinski definition) is 3. The molecule has 0 aliphatic carbocycles. The molecule has 1 aromatic carbocycles. The Hall–Kier alpha value is -2.34. The molecule has 0 unspecified atom stereocenters. The van der Waals surface area contributed by atoms with E-state index in [1.54, 1.807) is 0 Å². The van der Waals surface area contributed by atoms with Crippen LogP contribution in [0.1, 0.15) is 32.3 Å². The first kappa shape index (κ1) is 18.0. The van der Waals surface area contributed by atoms with Crippen molar-refractivity contribution in [1.82, 2.24) is 9.97 Å². The van der Waals surface area contributed by atoms with Crippen LogP contribution in [0.15, 0.2) is 30.6 Å². The highest BCUT2D eigenvalue weighted by Gasteiger charge is 2.13. The van der Waals surface area contributed by atoms with E-state index >= 15 is 0 Å². The van der Waals surface area contributed by atoms with Gasteiger partial charge in [-0.15, -0.1) is 0 Å². The van der Waals surface area contributed by atoms with Gasteiger partial charge in [0.1, 0.15) is 12.0 Å². The monoisotopic (exact) mass is 329 g/mol. The predicted molar refractivity (Wildman–Crippen MR) is 99.8 cm³/mol. The Kier molecular flexibility index (Phi) is 6.81. The van der Waals surface area contributed by atoms with E-state index < -0.39 is 0 Å². The van der Waals surface area contributed by atoms with E-state index in [0.29, 0.717) is 30.4 Å². The molecule has 0 amide bonds. The van der Waals surface area contributed by atoms with Crippen molar-refractivity contribution in [3.05, 3.63) is 36.2 Å². The third-order valence-corrected chi connectivity index (χ3v) is 3.95. The van der Waals surface area contributed by atoms with Crippen LogP contribution in [-0.4, -0.2) is 34.8 Å². The van der Waals surface area contributed by atoms with Crippen molar-refractivity contribution >= 4 is 23.0 Å². The highest BCUT2D eigenvalue weighted by atomic mass is 16.3. The fourth-order valence-corrected chi connectivity index (χ4v) is 2.54. The number of anilines is 4. The van der Waals surface area contributed by atoms with Crippen molar-refractivity contribution in [2.45, 2.75) is 33.1 Å². The molecule has 0 fully saturated rings. The lowest BCUT2D eigenvalue weighted by Crippen LogP contribution is -2.28. The Bertz CT molecular complexity index is 630. The maximum Gasteiger partial charge on any atom is 0.159 e. The molecule has 6 nitrogen and oxygen atoms in total. The highest BCUT2D eigenvalue weighted by molar-refractivity contribution is 5.78. The molecular formula is C18H27N5O. The minimum absolute atomic E-state index is 0.0548. The Morgan fingerprint density at radius 3 is 2.54 bits per heavy atom. The number of nitrogens with one attached hydrogen (secondary N) is 1. The summed E-state index contributed by atoms with van der Waals surface area (Å²) in [6, 6.07) is 8.33. The molecule has 2 rings (SSSR count). The Morgan fingerprint density at radius 2 is 1.92 bits per heavy atom. The van der Waals surface area contributed by atoms with Crippen LogP contribution < -0.4 is 16.0 Å². The number of rotatable bonds is 9. The quantitative estimate of drug-likeness (QED) is 0.655. The molecule has 6 heteroatoms. The summed E-state index contributed by atoms with van der Waals surface area (Å²) in [7, 11) is 0. The van der Waals surface area contributed by atoms with Crippen molar-refractivity contribution < 1.29 is 5.11 Å². The molecule has 0 aliphatic rings.